The van der Waals surface area contributed by atoms with Crippen LogP contribution in [0.25, 0.3) is 10.4 Å². The fourth-order valence-corrected chi connectivity index (χ4v) is 2.22. The van der Waals surface area contributed by atoms with Gasteiger partial charge in [-0.3, -0.25) is 0 Å². The Morgan fingerprint density at radius 1 is 1.23 bits per heavy atom. The summed E-state index contributed by atoms with van der Waals surface area (Å²) in [7, 11) is 0. The van der Waals surface area contributed by atoms with Crippen LogP contribution in [0.5, 0.6) is 0 Å². The van der Waals surface area contributed by atoms with Gasteiger partial charge in [0.15, 0.2) is 0 Å². The van der Waals surface area contributed by atoms with Crippen molar-refractivity contribution in [3.63, 3.8) is 0 Å². The third-order valence-corrected chi connectivity index (χ3v) is 3.11. The molecule has 66 valence electrons. The number of thiophene rings is 1. The molecule has 1 aromatic carbocycles. The van der Waals surface area contributed by atoms with Crippen molar-refractivity contribution in [3.8, 4) is 10.4 Å². The highest BCUT2D eigenvalue weighted by molar-refractivity contribution is 9.10. The van der Waals surface area contributed by atoms with Gasteiger partial charge in [0.1, 0.15) is 5.82 Å². The molecule has 13 heavy (non-hydrogen) atoms. The van der Waals surface area contributed by atoms with Gasteiger partial charge in [0.05, 0.1) is 0 Å². The zero-order chi connectivity index (χ0) is 9.26. The maximum atomic E-state index is 13.3. The molecule has 0 spiro atoms. The zero-order valence-corrected chi connectivity index (χ0v) is 9.03. The first-order chi connectivity index (χ1) is 6.27. The Morgan fingerprint density at radius 3 is 2.77 bits per heavy atom. The Kier molecular flexibility index (Phi) is 2.47. The second kappa shape index (κ2) is 3.60. The minimum absolute atomic E-state index is 0.175. The Balaban J connectivity index is 2.57. The van der Waals surface area contributed by atoms with Crippen LogP contribution in [0.2, 0.25) is 0 Å². The van der Waals surface area contributed by atoms with E-state index in [0.29, 0.717) is 5.56 Å². The van der Waals surface area contributed by atoms with Gasteiger partial charge in [-0.2, -0.15) is 0 Å². The normalized spacial score (nSPS) is 10.3. The topological polar surface area (TPSA) is 0 Å². The highest BCUT2D eigenvalue weighted by atomic mass is 79.9. The molecule has 1 aromatic heterocycles. The van der Waals surface area contributed by atoms with Crippen LogP contribution in [0, 0.1) is 5.82 Å². The molecule has 0 aliphatic heterocycles. The number of benzene rings is 1. The average molecular weight is 257 g/mol. The maximum Gasteiger partial charge on any atom is 0.131 e. The summed E-state index contributed by atoms with van der Waals surface area (Å²) in [6, 6.07) is 8.79. The number of hydrogen-bond donors (Lipinski definition) is 0. The van der Waals surface area contributed by atoms with Gasteiger partial charge in [-0.05, 0) is 29.6 Å². The molecule has 0 bridgehead atoms. The quantitative estimate of drug-likeness (QED) is 0.713. The van der Waals surface area contributed by atoms with E-state index in [-0.39, 0.29) is 5.82 Å². The van der Waals surface area contributed by atoms with Crippen LogP contribution in [0.1, 0.15) is 0 Å². The molecule has 1 heterocycles. The molecular formula is C10H6BrFS. The molecule has 2 aromatic rings. The Labute approximate surface area is 88.2 Å². The molecule has 0 aliphatic carbocycles. The SMILES string of the molecule is Fc1ccc(Br)cc1-c1cccs1. The fourth-order valence-electron chi connectivity index (χ4n) is 1.12. The van der Waals surface area contributed by atoms with Crippen molar-refractivity contribution in [2.24, 2.45) is 0 Å². The smallest absolute Gasteiger partial charge is 0.131 e. The van der Waals surface area contributed by atoms with Crippen molar-refractivity contribution < 1.29 is 4.39 Å². The minimum Gasteiger partial charge on any atom is -0.206 e. The van der Waals surface area contributed by atoms with Crippen LogP contribution >= 0.6 is 27.3 Å². The fraction of sp³-hybridized carbons (Fsp3) is 0. The van der Waals surface area contributed by atoms with E-state index in [4.69, 9.17) is 0 Å². The highest BCUT2D eigenvalue weighted by Gasteiger charge is 2.05. The molecule has 0 N–H and O–H groups in total. The molecule has 0 radical (unpaired) electrons. The summed E-state index contributed by atoms with van der Waals surface area (Å²) in [6.07, 6.45) is 0. The maximum absolute atomic E-state index is 13.3. The molecule has 0 aliphatic rings. The van der Waals surface area contributed by atoms with Crippen LogP contribution in [0.15, 0.2) is 40.2 Å². The lowest BCUT2D eigenvalue weighted by atomic mass is 10.2. The summed E-state index contributed by atoms with van der Waals surface area (Å²) in [5, 5.41) is 1.94. The van der Waals surface area contributed by atoms with Gasteiger partial charge < -0.3 is 0 Å². The van der Waals surface area contributed by atoms with Crippen molar-refractivity contribution in [2.45, 2.75) is 0 Å². The van der Waals surface area contributed by atoms with E-state index in [0.717, 1.165) is 9.35 Å². The third kappa shape index (κ3) is 1.81. The predicted octanol–water partition coefficient (Wildman–Crippen LogP) is 4.32. The van der Waals surface area contributed by atoms with Crippen molar-refractivity contribution in [1.29, 1.82) is 0 Å². The first-order valence-electron chi connectivity index (χ1n) is 3.76. The lowest BCUT2D eigenvalue weighted by molar-refractivity contribution is 0.631. The molecule has 2 rings (SSSR count). The largest absolute Gasteiger partial charge is 0.206 e. The second-order valence-corrected chi connectivity index (χ2v) is 4.46. The Hall–Kier alpha value is -0.670. The molecule has 3 heteroatoms. The third-order valence-electron chi connectivity index (χ3n) is 1.72. The summed E-state index contributed by atoms with van der Waals surface area (Å²) in [6.45, 7) is 0. The van der Waals surface area contributed by atoms with Crippen molar-refractivity contribution in [3.05, 3.63) is 46.0 Å². The number of rotatable bonds is 1. The van der Waals surface area contributed by atoms with Gasteiger partial charge in [0, 0.05) is 14.9 Å². The number of hydrogen-bond acceptors (Lipinski definition) is 1. The Morgan fingerprint density at radius 2 is 2.08 bits per heavy atom. The molecule has 0 atom stereocenters. The highest BCUT2D eigenvalue weighted by Crippen LogP contribution is 2.29. The van der Waals surface area contributed by atoms with Gasteiger partial charge in [-0.1, -0.05) is 22.0 Å². The van der Waals surface area contributed by atoms with Crippen molar-refractivity contribution in [1.82, 2.24) is 0 Å². The van der Waals surface area contributed by atoms with Crippen LogP contribution in [0.3, 0.4) is 0 Å². The van der Waals surface area contributed by atoms with Gasteiger partial charge in [0.25, 0.3) is 0 Å². The summed E-state index contributed by atoms with van der Waals surface area (Å²) in [5.41, 5.74) is 0.657. The van der Waals surface area contributed by atoms with Gasteiger partial charge in [0.2, 0.25) is 0 Å². The summed E-state index contributed by atoms with van der Waals surface area (Å²) in [5.74, 6) is -0.175. The second-order valence-electron chi connectivity index (χ2n) is 2.60. The van der Waals surface area contributed by atoms with E-state index in [9.17, 15) is 4.39 Å². The van der Waals surface area contributed by atoms with Gasteiger partial charge >= 0.3 is 0 Å². The van der Waals surface area contributed by atoms with Crippen LogP contribution in [-0.4, -0.2) is 0 Å². The van der Waals surface area contributed by atoms with E-state index in [1.807, 2.05) is 17.5 Å². The lowest BCUT2D eigenvalue weighted by Crippen LogP contribution is -1.80. The van der Waals surface area contributed by atoms with Crippen LogP contribution in [0.4, 0.5) is 4.39 Å². The van der Waals surface area contributed by atoms with E-state index >= 15 is 0 Å². The molecule has 0 unspecified atom stereocenters. The molecule has 0 saturated heterocycles. The lowest BCUT2D eigenvalue weighted by Gasteiger charge is -1.99. The minimum atomic E-state index is -0.175. The predicted molar refractivity (Wildman–Crippen MR) is 57.4 cm³/mol. The van der Waals surface area contributed by atoms with Crippen LogP contribution in [-0.2, 0) is 0 Å². The number of halogens is 2. The molecule has 0 saturated carbocycles. The Bertz CT molecular complexity index is 409. The summed E-state index contributed by atoms with van der Waals surface area (Å²) < 4.78 is 14.2. The molecule has 0 fully saturated rings. The van der Waals surface area contributed by atoms with Crippen molar-refractivity contribution in [2.75, 3.05) is 0 Å². The van der Waals surface area contributed by atoms with E-state index in [2.05, 4.69) is 15.9 Å². The summed E-state index contributed by atoms with van der Waals surface area (Å²) >= 11 is 4.86. The average Bonchev–Trinajstić information content (AvgIpc) is 2.61. The summed E-state index contributed by atoms with van der Waals surface area (Å²) in [4.78, 5) is 0.957. The molecule has 0 amide bonds. The first kappa shape index (κ1) is 8.91. The zero-order valence-electron chi connectivity index (χ0n) is 6.63. The molecular weight excluding hydrogens is 251 g/mol. The van der Waals surface area contributed by atoms with Gasteiger partial charge in [-0.15, -0.1) is 11.3 Å². The van der Waals surface area contributed by atoms with E-state index in [1.54, 1.807) is 12.1 Å². The van der Waals surface area contributed by atoms with Crippen LogP contribution < -0.4 is 0 Å². The van der Waals surface area contributed by atoms with Crippen molar-refractivity contribution >= 4 is 27.3 Å². The van der Waals surface area contributed by atoms with Gasteiger partial charge in [-0.25, -0.2) is 4.39 Å². The van der Waals surface area contributed by atoms with E-state index in [1.165, 1.54) is 17.4 Å². The van der Waals surface area contributed by atoms with E-state index < -0.39 is 0 Å². The molecule has 0 nitrogen and oxygen atoms in total. The first-order valence-corrected chi connectivity index (χ1v) is 5.43. The monoisotopic (exact) mass is 256 g/mol. The standard InChI is InChI=1S/C10H6BrFS/c11-7-3-4-9(12)8(6-7)10-2-1-5-13-10/h1-6H.